The Morgan fingerprint density at radius 2 is 1.96 bits per heavy atom. The monoisotopic (exact) mass is 363 g/mol. The van der Waals surface area contributed by atoms with Gasteiger partial charge in [-0.2, -0.15) is 0 Å². The Morgan fingerprint density at radius 1 is 1.15 bits per heavy atom. The molecular weight excluding hydrogens is 334 g/mol. The van der Waals surface area contributed by atoms with Gasteiger partial charge in [0.2, 0.25) is 0 Å². The maximum absolute atomic E-state index is 4.75. The van der Waals surface area contributed by atoms with Crippen molar-refractivity contribution in [2.24, 2.45) is 4.99 Å². The molecule has 2 aromatic heterocycles. The van der Waals surface area contributed by atoms with Gasteiger partial charge in [0.1, 0.15) is 5.65 Å². The van der Waals surface area contributed by atoms with E-state index in [1.807, 2.05) is 24.4 Å². The van der Waals surface area contributed by atoms with Crippen molar-refractivity contribution in [3.05, 3.63) is 71.7 Å². The molecule has 1 unspecified atom stereocenters. The van der Waals surface area contributed by atoms with Crippen LogP contribution < -0.4 is 10.6 Å². The fourth-order valence-electron chi connectivity index (χ4n) is 2.99. The number of pyridine rings is 1. The van der Waals surface area contributed by atoms with E-state index in [1.54, 1.807) is 0 Å². The van der Waals surface area contributed by atoms with Gasteiger partial charge in [0.15, 0.2) is 5.96 Å². The van der Waals surface area contributed by atoms with Crippen LogP contribution in [-0.2, 0) is 6.42 Å². The molecule has 1 aromatic carbocycles. The van der Waals surface area contributed by atoms with E-state index in [4.69, 9.17) is 4.99 Å². The third-order valence-electron chi connectivity index (χ3n) is 4.60. The van der Waals surface area contributed by atoms with Gasteiger partial charge in [0, 0.05) is 44.4 Å². The van der Waals surface area contributed by atoms with Gasteiger partial charge in [0.25, 0.3) is 0 Å². The van der Waals surface area contributed by atoms with Crippen molar-refractivity contribution >= 4 is 11.6 Å². The Hall–Kier alpha value is -2.82. The molecule has 0 saturated heterocycles. The first kappa shape index (κ1) is 19.0. The highest BCUT2D eigenvalue weighted by Gasteiger charge is 2.06. The van der Waals surface area contributed by atoms with E-state index in [-0.39, 0.29) is 0 Å². The molecule has 3 aromatic rings. The second-order valence-corrected chi connectivity index (χ2v) is 6.91. The first-order valence-corrected chi connectivity index (χ1v) is 9.67. The molecular formula is C22H29N5. The zero-order chi connectivity index (χ0) is 19.1. The molecule has 2 N–H and O–H groups in total. The molecule has 0 radical (unpaired) electrons. The summed E-state index contributed by atoms with van der Waals surface area (Å²) in [6.07, 6.45) is 4.97. The van der Waals surface area contributed by atoms with Crippen molar-refractivity contribution in [1.29, 1.82) is 0 Å². The molecule has 2 heterocycles. The minimum Gasteiger partial charge on any atom is -0.357 e. The highest BCUT2D eigenvalue weighted by Crippen LogP contribution is 2.16. The summed E-state index contributed by atoms with van der Waals surface area (Å²) < 4.78 is 2.05. The lowest BCUT2D eigenvalue weighted by atomic mass is 10.0. The third-order valence-corrected chi connectivity index (χ3v) is 4.60. The molecule has 27 heavy (non-hydrogen) atoms. The summed E-state index contributed by atoms with van der Waals surface area (Å²) in [6.45, 7) is 8.82. The van der Waals surface area contributed by atoms with Crippen molar-refractivity contribution in [3.63, 3.8) is 0 Å². The average molecular weight is 364 g/mol. The largest absolute Gasteiger partial charge is 0.357 e. The first-order valence-electron chi connectivity index (χ1n) is 9.67. The Bertz CT molecular complexity index is 846. The number of nitrogens with zero attached hydrogens (tertiary/aromatic N) is 3. The Labute approximate surface area is 161 Å². The molecule has 0 amide bonds. The van der Waals surface area contributed by atoms with Crippen LogP contribution in [0.2, 0.25) is 0 Å². The molecule has 5 heteroatoms. The number of aryl methyl sites for hydroxylation is 1. The topological polar surface area (TPSA) is 53.7 Å². The van der Waals surface area contributed by atoms with Crippen LogP contribution in [0.15, 0.2) is 59.9 Å². The van der Waals surface area contributed by atoms with Crippen LogP contribution in [0.1, 0.15) is 36.6 Å². The van der Waals surface area contributed by atoms with E-state index in [1.165, 1.54) is 11.1 Å². The number of rotatable bonds is 7. The van der Waals surface area contributed by atoms with Crippen LogP contribution in [-0.4, -0.2) is 35.0 Å². The van der Waals surface area contributed by atoms with Crippen molar-refractivity contribution in [3.8, 4) is 0 Å². The number of nitrogens with one attached hydrogen (secondary N) is 2. The van der Waals surface area contributed by atoms with Crippen molar-refractivity contribution in [2.45, 2.75) is 33.1 Å². The van der Waals surface area contributed by atoms with Crippen LogP contribution in [0.5, 0.6) is 0 Å². The molecule has 0 bridgehead atoms. The van der Waals surface area contributed by atoms with Gasteiger partial charge in [-0.25, -0.2) is 4.98 Å². The van der Waals surface area contributed by atoms with Crippen LogP contribution in [0, 0.1) is 6.92 Å². The summed E-state index contributed by atoms with van der Waals surface area (Å²) in [4.78, 5) is 9.39. The third kappa shape index (κ3) is 5.33. The molecule has 0 saturated carbocycles. The lowest BCUT2D eigenvalue weighted by Gasteiger charge is -2.13. The Balaban J connectivity index is 1.54. The maximum atomic E-state index is 4.75. The molecule has 0 aliphatic heterocycles. The summed E-state index contributed by atoms with van der Waals surface area (Å²) in [7, 11) is 0. The van der Waals surface area contributed by atoms with Gasteiger partial charge in [-0.15, -0.1) is 0 Å². The average Bonchev–Trinajstić information content (AvgIpc) is 3.09. The van der Waals surface area contributed by atoms with E-state index in [0.717, 1.165) is 43.4 Å². The lowest BCUT2D eigenvalue weighted by Crippen LogP contribution is -2.38. The van der Waals surface area contributed by atoms with E-state index in [9.17, 15) is 0 Å². The van der Waals surface area contributed by atoms with Gasteiger partial charge in [-0.05, 0) is 31.5 Å². The summed E-state index contributed by atoms with van der Waals surface area (Å²) in [6, 6.07) is 14.8. The van der Waals surface area contributed by atoms with Crippen LogP contribution in [0.4, 0.5) is 0 Å². The summed E-state index contributed by atoms with van der Waals surface area (Å²) in [5, 5.41) is 6.74. The molecule has 3 rings (SSSR count). The number of imidazole rings is 1. The molecule has 0 fully saturated rings. The minimum absolute atomic E-state index is 0.388. The summed E-state index contributed by atoms with van der Waals surface area (Å²) >= 11 is 0. The van der Waals surface area contributed by atoms with E-state index < -0.39 is 0 Å². The number of guanidine groups is 1. The van der Waals surface area contributed by atoms with Gasteiger partial charge in [-0.3, -0.25) is 4.99 Å². The number of fused-ring (bicyclic) bond motifs is 1. The zero-order valence-electron chi connectivity index (χ0n) is 16.4. The smallest absolute Gasteiger partial charge is 0.191 e. The van der Waals surface area contributed by atoms with Gasteiger partial charge < -0.3 is 15.0 Å². The van der Waals surface area contributed by atoms with Gasteiger partial charge in [-0.1, -0.05) is 42.8 Å². The van der Waals surface area contributed by atoms with Gasteiger partial charge >= 0.3 is 0 Å². The second kappa shape index (κ2) is 9.21. The molecule has 5 nitrogen and oxygen atoms in total. The number of aromatic nitrogens is 2. The number of aliphatic imine (C=N–C) groups is 1. The second-order valence-electron chi connectivity index (χ2n) is 6.91. The standard InChI is InChI=1S/C22H29N5/c1-4-23-22(25-15-18(3)19-10-8-17(2)9-11-19)24-13-12-20-16-27-14-6-5-7-21(27)26-20/h5-11,14,16,18H,4,12-13,15H2,1-3H3,(H2,23,24,25). The summed E-state index contributed by atoms with van der Waals surface area (Å²) in [5.74, 6) is 1.25. The van der Waals surface area contributed by atoms with Crippen molar-refractivity contribution < 1.29 is 0 Å². The predicted octanol–water partition coefficient (Wildman–Crippen LogP) is 3.54. The maximum Gasteiger partial charge on any atom is 0.191 e. The molecule has 142 valence electrons. The number of hydrogen-bond donors (Lipinski definition) is 2. The molecule has 0 aliphatic carbocycles. The lowest BCUT2D eigenvalue weighted by molar-refractivity contribution is 0.743. The number of hydrogen-bond acceptors (Lipinski definition) is 2. The predicted molar refractivity (Wildman–Crippen MR) is 112 cm³/mol. The Morgan fingerprint density at radius 3 is 2.70 bits per heavy atom. The molecule has 0 aliphatic rings. The van der Waals surface area contributed by atoms with Crippen LogP contribution >= 0.6 is 0 Å². The van der Waals surface area contributed by atoms with Gasteiger partial charge in [0.05, 0.1) is 5.69 Å². The van der Waals surface area contributed by atoms with E-state index >= 15 is 0 Å². The highest BCUT2D eigenvalue weighted by molar-refractivity contribution is 5.79. The van der Waals surface area contributed by atoms with Crippen molar-refractivity contribution in [1.82, 2.24) is 20.0 Å². The normalized spacial score (nSPS) is 12.9. The quantitative estimate of drug-likeness (QED) is 0.499. The minimum atomic E-state index is 0.388. The highest BCUT2D eigenvalue weighted by atomic mass is 15.2. The fourth-order valence-corrected chi connectivity index (χ4v) is 2.99. The van der Waals surface area contributed by atoms with E-state index in [2.05, 4.69) is 71.3 Å². The fraction of sp³-hybridized carbons (Fsp3) is 0.364. The Kier molecular flexibility index (Phi) is 6.47. The van der Waals surface area contributed by atoms with Crippen molar-refractivity contribution in [2.75, 3.05) is 19.6 Å². The summed E-state index contributed by atoms with van der Waals surface area (Å²) in [5.41, 5.74) is 4.68. The first-order chi connectivity index (χ1) is 13.2. The van der Waals surface area contributed by atoms with Crippen LogP contribution in [0.25, 0.3) is 5.65 Å². The molecule has 0 spiro atoms. The molecule has 1 atom stereocenters. The zero-order valence-corrected chi connectivity index (χ0v) is 16.4. The SMILES string of the molecule is CCNC(=NCC(C)c1ccc(C)cc1)NCCc1cn2ccccc2n1. The number of benzene rings is 1. The van der Waals surface area contributed by atoms with E-state index in [0.29, 0.717) is 5.92 Å². The van der Waals surface area contributed by atoms with Crippen LogP contribution in [0.3, 0.4) is 0 Å².